The van der Waals surface area contributed by atoms with Gasteiger partial charge in [0, 0.05) is 23.4 Å². The zero-order valence-corrected chi connectivity index (χ0v) is 13.5. The van der Waals surface area contributed by atoms with Gasteiger partial charge in [-0.05, 0) is 37.0 Å². The topological polar surface area (TPSA) is 60.2 Å². The van der Waals surface area contributed by atoms with Crippen molar-refractivity contribution in [1.29, 1.82) is 0 Å². The molecule has 3 rings (SSSR count). The van der Waals surface area contributed by atoms with Gasteiger partial charge in [-0.1, -0.05) is 0 Å². The number of benzene rings is 1. The predicted molar refractivity (Wildman–Crippen MR) is 88.4 cm³/mol. The molecule has 0 bridgehead atoms. The van der Waals surface area contributed by atoms with Crippen LogP contribution in [0.2, 0.25) is 0 Å². The smallest absolute Gasteiger partial charge is 0.367 e. The van der Waals surface area contributed by atoms with E-state index in [1.54, 1.807) is 26.0 Å². The number of ether oxygens (including phenoxy) is 2. The highest BCUT2D eigenvalue weighted by Gasteiger charge is 2.31. The minimum Gasteiger partial charge on any atom is -0.497 e. The number of thioether (sulfide) groups is 1. The van der Waals surface area contributed by atoms with Crippen molar-refractivity contribution in [3.05, 3.63) is 23.8 Å². The second-order valence-electron chi connectivity index (χ2n) is 5.29. The van der Waals surface area contributed by atoms with Gasteiger partial charge in [-0.3, -0.25) is 0 Å². The first kappa shape index (κ1) is 15.1. The van der Waals surface area contributed by atoms with Crippen LogP contribution in [0.3, 0.4) is 0 Å². The number of rotatable bonds is 4. The van der Waals surface area contributed by atoms with E-state index in [-0.39, 0.29) is 11.9 Å². The molecule has 2 aliphatic rings. The average molecular weight is 318 g/mol. The molecule has 0 N–H and O–H groups in total. The van der Waals surface area contributed by atoms with Crippen LogP contribution in [-0.4, -0.2) is 31.0 Å². The fraction of sp³-hybridized carbons (Fsp3) is 0.438. The Morgan fingerprint density at radius 1 is 1.18 bits per heavy atom. The molecule has 2 amide bonds. The summed E-state index contributed by atoms with van der Waals surface area (Å²) in [5, 5.41) is 0.897. The fourth-order valence-corrected chi connectivity index (χ4v) is 3.87. The van der Waals surface area contributed by atoms with Gasteiger partial charge in [0.05, 0.1) is 19.3 Å². The number of methoxy groups -OCH3 is 2. The van der Waals surface area contributed by atoms with E-state index >= 15 is 0 Å². The van der Waals surface area contributed by atoms with Gasteiger partial charge in [-0.25, -0.2) is 9.79 Å². The van der Waals surface area contributed by atoms with Crippen LogP contribution in [0.4, 0.5) is 4.79 Å². The van der Waals surface area contributed by atoms with Crippen molar-refractivity contribution < 1.29 is 14.3 Å². The highest BCUT2D eigenvalue weighted by Crippen LogP contribution is 2.33. The van der Waals surface area contributed by atoms with E-state index in [1.165, 1.54) is 0 Å². The molecule has 0 saturated heterocycles. The SMILES string of the molecule is COc1cc(CSC2=NC(=O)N=C3CCCC32)cc(OC)c1. The summed E-state index contributed by atoms with van der Waals surface area (Å²) in [6.07, 6.45) is 3.05. The summed E-state index contributed by atoms with van der Waals surface area (Å²) >= 11 is 1.61. The lowest BCUT2D eigenvalue weighted by Crippen LogP contribution is -2.22. The van der Waals surface area contributed by atoms with Crippen LogP contribution in [0.25, 0.3) is 0 Å². The Labute approximate surface area is 133 Å². The summed E-state index contributed by atoms with van der Waals surface area (Å²) in [7, 11) is 3.27. The molecule has 1 unspecified atom stereocenters. The summed E-state index contributed by atoms with van der Waals surface area (Å²) in [5.41, 5.74) is 2.09. The van der Waals surface area contributed by atoms with Crippen LogP contribution in [0, 0.1) is 5.92 Å². The third kappa shape index (κ3) is 3.16. The highest BCUT2D eigenvalue weighted by molar-refractivity contribution is 8.13. The quantitative estimate of drug-likeness (QED) is 0.849. The first-order valence-corrected chi connectivity index (χ1v) is 8.23. The summed E-state index contributed by atoms with van der Waals surface area (Å²) in [6.45, 7) is 0. The maximum absolute atomic E-state index is 11.6. The van der Waals surface area contributed by atoms with Crippen LogP contribution < -0.4 is 9.47 Å². The maximum atomic E-state index is 11.6. The molecule has 1 aliphatic heterocycles. The molecule has 6 heteroatoms. The van der Waals surface area contributed by atoms with E-state index in [2.05, 4.69) is 9.98 Å². The van der Waals surface area contributed by atoms with E-state index in [9.17, 15) is 4.79 Å². The molecule has 1 heterocycles. The zero-order valence-electron chi connectivity index (χ0n) is 12.7. The summed E-state index contributed by atoms with van der Waals surface area (Å²) in [4.78, 5) is 19.8. The molecule has 1 atom stereocenters. The largest absolute Gasteiger partial charge is 0.497 e. The maximum Gasteiger partial charge on any atom is 0.367 e. The second kappa shape index (κ2) is 6.52. The normalized spacial score (nSPS) is 20.3. The number of nitrogens with zero attached hydrogens (tertiary/aromatic N) is 2. The Balaban J connectivity index is 1.73. The first-order chi connectivity index (χ1) is 10.7. The van der Waals surface area contributed by atoms with Crippen molar-refractivity contribution in [2.24, 2.45) is 15.9 Å². The van der Waals surface area contributed by atoms with Crippen molar-refractivity contribution in [2.45, 2.75) is 25.0 Å². The van der Waals surface area contributed by atoms with E-state index in [4.69, 9.17) is 9.47 Å². The molecular weight excluding hydrogens is 300 g/mol. The Bertz CT molecular complexity index is 633. The van der Waals surface area contributed by atoms with Gasteiger partial charge < -0.3 is 9.47 Å². The molecule has 0 spiro atoms. The fourth-order valence-electron chi connectivity index (χ4n) is 2.79. The molecule has 1 aromatic carbocycles. The predicted octanol–water partition coefficient (Wildman–Crippen LogP) is 3.71. The molecule has 0 radical (unpaired) electrons. The van der Waals surface area contributed by atoms with Crippen molar-refractivity contribution in [3.8, 4) is 11.5 Å². The average Bonchev–Trinajstić information content (AvgIpc) is 3.00. The Morgan fingerprint density at radius 3 is 2.59 bits per heavy atom. The van der Waals surface area contributed by atoms with Crippen LogP contribution in [0.15, 0.2) is 28.2 Å². The summed E-state index contributed by atoms with van der Waals surface area (Å²) in [5.74, 6) is 2.50. The van der Waals surface area contributed by atoms with Crippen LogP contribution in [0.1, 0.15) is 24.8 Å². The van der Waals surface area contributed by atoms with Crippen molar-refractivity contribution in [1.82, 2.24) is 0 Å². The van der Waals surface area contributed by atoms with E-state index in [1.807, 2.05) is 18.2 Å². The van der Waals surface area contributed by atoms with Crippen LogP contribution >= 0.6 is 11.8 Å². The van der Waals surface area contributed by atoms with Crippen molar-refractivity contribution in [2.75, 3.05) is 14.2 Å². The van der Waals surface area contributed by atoms with Gasteiger partial charge in [0.25, 0.3) is 0 Å². The van der Waals surface area contributed by atoms with E-state index in [0.717, 1.165) is 52.8 Å². The van der Waals surface area contributed by atoms with Gasteiger partial charge >= 0.3 is 6.03 Å². The minimum atomic E-state index is -0.362. The third-order valence-electron chi connectivity index (χ3n) is 3.87. The lowest BCUT2D eigenvalue weighted by atomic mass is 10.1. The first-order valence-electron chi connectivity index (χ1n) is 7.24. The van der Waals surface area contributed by atoms with E-state index < -0.39 is 0 Å². The zero-order chi connectivity index (χ0) is 15.5. The van der Waals surface area contributed by atoms with Crippen LogP contribution in [0.5, 0.6) is 11.5 Å². The number of carbonyl (C=O) groups excluding carboxylic acids is 1. The lowest BCUT2D eigenvalue weighted by Gasteiger charge is -2.17. The lowest BCUT2D eigenvalue weighted by molar-refractivity contribution is 0.256. The standard InChI is InChI=1S/C16H18N2O3S/c1-20-11-6-10(7-12(8-11)21-2)9-22-15-13-4-3-5-14(13)17-16(19)18-15/h6-8,13H,3-5,9H2,1-2H3. The molecule has 22 heavy (non-hydrogen) atoms. The summed E-state index contributed by atoms with van der Waals surface area (Å²) in [6, 6.07) is 5.44. The number of amides is 2. The molecule has 5 nitrogen and oxygen atoms in total. The van der Waals surface area contributed by atoms with Gasteiger partial charge in [-0.15, -0.1) is 11.8 Å². The molecule has 1 saturated carbocycles. The number of hydrogen-bond donors (Lipinski definition) is 0. The Kier molecular flexibility index (Phi) is 4.47. The number of carbonyl (C=O) groups is 1. The van der Waals surface area contributed by atoms with Crippen molar-refractivity contribution in [3.63, 3.8) is 0 Å². The Morgan fingerprint density at radius 2 is 1.91 bits per heavy atom. The number of fused-ring (bicyclic) bond motifs is 1. The highest BCUT2D eigenvalue weighted by atomic mass is 32.2. The molecular formula is C16H18N2O3S. The van der Waals surface area contributed by atoms with Gasteiger partial charge in [0.1, 0.15) is 11.5 Å². The molecule has 1 aliphatic carbocycles. The minimum absolute atomic E-state index is 0.246. The molecule has 1 fully saturated rings. The van der Waals surface area contributed by atoms with E-state index in [0.29, 0.717) is 0 Å². The second-order valence-corrected chi connectivity index (χ2v) is 6.29. The van der Waals surface area contributed by atoms with Gasteiger partial charge in [-0.2, -0.15) is 4.99 Å². The molecule has 1 aromatic rings. The van der Waals surface area contributed by atoms with Gasteiger partial charge in [0.15, 0.2) is 0 Å². The monoisotopic (exact) mass is 318 g/mol. The molecule has 116 valence electrons. The number of urea groups is 1. The Hall–Kier alpha value is -1.82. The van der Waals surface area contributed by atoms with Crippen molar-refractivity contribution >= 4 is 28.5 Å². The van der Waals surface area contributed by atoms with Crippen LogP contribution in [-0.2, 0) is 5.75 Å². The molecule has 0 aromatic heterocycles. The summed E-state index contributed by atoms with van der Waals surface area (Å²) < 4.78 is 10.6. The third-order valence-corrected chi connectivity index (χ3v) is 5.02. The van der Waals surface area contributed by atoms with Gasteiger partial charge in [0.2, 0.25) is 0 Å². The number of aliphatic imine (C=N–C) groups is 2. The number of hydrogen-bond acceptors (Lipinski definition) is 4.